The van der Waals surface area contributed by atoms with Crippen molar-refractivity contribution in [3.05, 3.63) is 11.8 Å². The number of nitrogens with one attached hydrogen (secondary N) is 2. The maximum atomic E-state index is 5.59. The number of ether oxygens (including phenoxy) is 2. The van der Waals surface area contributed by atoms with Crippen molar-refractivity contribution in [2.75, 3.05) is 44.0 Å². The number of hydrogen-bond donors (Lipinski definition) is 2. The van der Waals surface area contributed by atoms with E-state index in [2.05, 4.69) is 20.6 Å². The summed E-state index contributed by atoms with van der Waals surface area (Å²) in [6.07, 6.45) is 3.52. The standard InChI is InChI=1S/C14H24N4O2/c1-11-9-13(16-10-12-5-3-8-20-12)18-14(17-11)15-6-4-7-19-2/h9,12H,3-8,10H2,1-2H3,(H2,15,16,17,18). The highest BCUT2D eigenvalue weighted by Gasteiger charge is 2.15. The molecule has 0 aromatic carbocycles. The first kappa shape index (κ1) is 15.0. The Balaban J connectivity index is 1.83. The quantitative estimate of drug-likeness (QED) is 0.708. The van der Waals surface area contributed by atoms with Gasteiger partial charge in [0, 0.05) is 45.2 Å². The predicted octanol–water partition coefficient (Wildman–Crippen LogP) is 1.82. The normalized spacial score (nSPS) is 18.2. The molecule has 0 amide bonds. The second-order valence-corrected chi connectivity index (χ2v) is 5.01. The molecule has 1 fully saturated rings. The maximum Gasteiger partial charge on any atom is 0.224 e. The fourth-order valence-electron chi connectivity index (χ4n) is 2.18. The molecule has 6 nitrogen and oxygen atoms in total. The summed E-state index contributed by atoms with van der Waals surface area (Å²) in [6, 6.07) is 1.95. The lowest BCUT2D eigenvalue weighted by Gasteiger charge is -2.13. The van der Waals surface area contributed by atoms with Gasteiger partial charge in [-0.15, -0.1) is 0 Å². The number of aromatic nitrogens is 2. The molecule has 20 heavy (non-hydrogen) atoms. The van der Waals surface area contributed by atoms with Crippen LogP contribution in [-0.4, -0.2) is 49.5 Å². The Kier molecular flexibility index (Phi) is 6.01. The van der Waals surface area contributed by atoms with Crippen LogP contribution in [0.25, 0.3) is 0 Å². The number of hydrogen-bond acceptors (Lipinski definition) is 6. The fourth-order valence-corrected chi connectivity index (χ4v) is 2.18. The summed E-state index contributed by atoms with van der Waals surface area (Å²) in [5.74, 6) is 1.51. The van der Waals surface area contributed by atoms with Gasteiger partial charge in [-0.05, 0) is 26.2 Å². The summed E-state index contributed by atoms with van der Waals surface area (Å²) in [5.41, 5.74) is 0.948. The lowest BCUT2D eigenvalue weighted by Crippen LogP contribution is -2.19. The zero-order chi connectivity index (χ0) is 14.2. The van der Waals surface area contributed by atoms with Gasteiger partial charge in [-0.1, -0.05) is 0 Å². The van der Waals surface area contributed by atoms with Crippen molar-refractivity contribution in [1.82, 2.24) is 9.97 Å². The van der Waals surface area contributed by atoms with E-state index >= 15 is 0 Å². The minimum absolute atomic E-state index is 0.309. The van der Waals surface area contributed by atoms with Gasteiger partial charge in [0.05, 0.1) is 6.10 Å². The summed E-state index contributed by atoms with van der Waals surface area (Å²) in [5, 5.41) is 6.54. The number of nitrogens with zero attached hydrogens (tertiary/aromatic N) is 2. The molecule has 1 aliphatic heterocycles. The van der Waals surface area contributed by atoms with E-state index in [4.69, 9.17) is 9.47 Å². The second kappa shape index (κ2) is 8.01. The zero-order valence-corrected chi connectivity index (χ0v) is 12.3. The van der Waals surface area contributed by atoms with Crippen LogP contribution in [0.2, 0.25) is 0 Å². The monoisotopic (exact) mass is 280 g/mol. The van der Waals surface area contributed by atoms with Gasteiger partial charge in [0.2, 0.25) is 5.95 Å². The number of anilines is 2. The number of aryl methyl sites for hydroxylation is 1. The minimum atomic E-state index is 0.309. The second-order valence-electron chi connectivity index (χ2n) is 5.01. The van der Waals surface area contributed by atoms with Crippen LogP contribution in [0.5, 0.6) is 0 Å². The Morgan fingerprint density at radius 1 is 1.40 bits per heavy atom. The van der Waals surface area contributed by atoms with Gasteiger partial charge in [-0.25, -0.2) is 4.98 Å². The molecule has 0 saturated carbocycles. The van der Waals surface area contributed by atoms with Crippen LogP contribution in [0, 0.1) is 6.92 Å². The van der Waals surface area contributed by atoms with E-state index in [0.29, 0.717) is 12.1 Å². The zero-order valence-electron chi connectivity index (χ0n) is 12.3. The first-order chi connectivity index (χ1) is 9.78. The molecule has 1 aromatic rings. The first-order valence-electron chi connectivity index (χ1n) is 7.22. The molecule has 2 heterocycles. The van der Waals surface area contributed by atoms with Crippen LogP contribution in [-0.2, 0) is 9.47 Å². The SMILES string of the molecule is COCCCNc1nc(C)cc(NCC2CCCO2)n1. The Hall–Kier alpha value is -1.40. The molecule has 1 atom stereocenters. The maximum absolute atomic E-state index is 5.59. The highest BCUT2D eigenvalue weighted by molar-refractivity contribution is 5.42. The highest BCUT2D eigenvalue weighted by atomic mass is 16.5. The van der Waals surface area contributed by atoms with Crippen LogP contribution in [0.1, 0.15) is 25.0 Å². The average molecular weight is 280 g/mol. The van der Waals surface area contributed by atoms with Crippen LogP contribution in [0.4, 0.5) is 11.8 Å². The van der Waals surface area contributed by atoms with Crippen molar-refractivity contribution in [2.45, 2.75) is 32.3 Å². The Bertz CT molecular complexity index is 408. The van der Waals surface area contributed by atoms with Gasteiger partial charge in [0.15, 0.2) is 0 Å². The molecular formula is C14H24N4O2. The molecule has 2 rings (SSSR count). The van der Waals surface area contributed by atoms with E-state index in [-0.39, 0.29) is 0 Å². The third-order valence-electron chi connectivity index (χ3n) is 3.20. The van der Waals surface area contributed by atoms with Gasteiger partial charge < -0.3 is 20.1 Å². The van der Waals surface area contributed by atoms with E-state index in [0.717, 1.165) is 57.1 Å². The van der Waals surface area contributed by atoms with Crippen molar-refractivity contribution in [2.24, 2.45) is 0 Å². The Morgan fingerprint density at radius 2 is 2.30 bits per heavy atom. The molecule has 0 aliphatic carbocycles. The van der Waals surface area contributed by atoms with Crippen molar-refractivity contribution in [1.29, 1.82) is 0 Å². The molecule has 1 aliphatic rings. The van der Waals surface area contributed by atoms with Gasteiger partial charge in [0.1, 0.15) is 5.82 Å². The minimum Gasteiger partial charge on any atom is -0.385 e. The lowest BCUT2D eigenvalue weighted by atomic mass is 10.2. The van der Waals surface area contributed by atoms with Crippen molar-refractivity contribution in [3.8, 4) is 0 Å². The molecule has 112 valence electrons. The van der Waals surface area contributed by atoms with Gasteiger partial charge >= 0.3 is 0 Å². The van der Waals surface area contributed by atoms with E-state index in [1.54, 1.807) is 7.11 Å². The smallest absolute Gasteiger partial charge is 0.224 e. The summed E-state index contributed by atoms with van der Waals surface area (Å²) < 4.78 is 10.6. The van der Waals surface area contributed by atoms with E-state index in [1.807, 2.05) is 13.0 Å². The topological polar surface area (TPSA) is 68.3 Å². The van der Waals surface area contributed by atoms with Crippen molar-refractivity contribution in [3.63, 3.8) is 0 Å². The summed E-state index contributed by atoms with van der Waals surface area (Å²) >= 11 is 0. The van der Waals surface area contributed by atoms with Crippen molar-refractivity contribution < 1.29 is 9.47 Å². The molecule has 0 spiro atoms. The van der Waals surface area contributed by atoms with Crippen LogP contribution in [0.3, 0.4) is 0 Å². The molecule has 2 N–H and O–H groups in total. The van der Waals surface area contributed by atoms with Crippen LogP contribution >= 0.6 is 0 Å². The van der Waals surface area contributed by atoms with E-state index < -0.39 is 0 Å². The molecule has 1 saturated heterocycles. The van der Waals surface area contributed by atoms with Crippen molar-refractivity contribution >= 4 is 11.8 Å². The largest absolute Gasteiger partial charge is 0.385 e. The molecule has 6 heteroatoms. The summed E-state index contributed by atoms with van der Waals surface area (Å²) in [4.78, 5) is 8.84. The van der Waals surface area contributed by atoms with Crippen LogP contribution in [0.15, 0.2) is 6.07 Å². The Morgan fingerprint density at radius 3 is 3.05 bits per heavy atom. The Labute approximate surface area is 120 Å². The molecular weight excluding hydrogens is 256 g/mol. The number of rotatable bonds is 8. The third-order valence-corrected chi connectivity index (χ3v) is 3.20. The van der Waals surface area contributed by atoms with E-state index in [9.17, 15) is 0 Å². The molecule has 1 aromatic heterocycles. The average Bonchev–Trinajstić information content (AvgIpc) is 2.94. The fraction of sp³-hybridized carbons (Fsp3) is 0.714. The molecule has 1 unspecified atom stereocenters. The number of methoxy groups -OCH3 is 1. The van der Waals surface area contributed by atoms with Gasteiger partial charge in [-0.3, -0.25) is 0 Å². The van der Waals surface area contributed by atoms with Gasteiger partial charge in [-0.2, -0.15) is 4.98 Å². The predicted molar refractivity (Wildman–Crippen MR) is 79.2 cm³/mol. The molecule has 0 radical (unpaired) electrons. The van der Waals surface area contributed by atoms with Crippen LogP contribution < -0.4 is 10.6 Å². The van der Waals surface area contributed by atoms with E-state index in [1.165, 1.54) is 0 Å². The summed E-state index contributed by atoms with van der Waals surface area (Å²) in [7, 11) is 1.70. The van der Waals surface area contributed by atoms with Gasteiger partial charge in [0.25, 0.3) is 0 Å². The third kappa shape index (κ3) is 4.94. The lowest BCUT2D eigenvalue weighted by molar-refractivity contribution is 0.120. The first-order valence-corrected chi connectivity index (χ1v) is 7.22. The molecule has 0 bridgehead atoms. The summed E-state index contributed by atoms with van der Waals surface area (Å²) in [6.45, 7) is 5.20. The highest BCUT2D eigenvalue weighted by Crippen LogP contribution is 2.14.